The molecular formula is C17H20ClN. The summed E-state index contributed by atoms with van der Waals surface area (Å²) in [7, 11) is 0. The first-order valence-electron chi connectivity index (χ1n) is 6.72. The van der Waals surface area contributed by atoms with E-state index in [4.69, 9.17) is 17.3 Å². The smallest absolute Gasteiger partial charge is 0.0440 e. The highest BCUT2D eigenvalue weighted by Crippen LogP contribution is 2.22. The van der Waals surface area contributed by atoms with E-state index >= 15 is 0 Å². The van der Waals surface area contributed by atoms with Crippen LogP contribution in [-0.2, 0) is 6.42 Å². The Kier molecular flexibility index (Phi) is 5.00. The molecule has 0 aliphatic carbocycles. The van der Waals surface area contributed by atoms with Crippen LogP contribution in [0, 0.1) is 6.92 Å². The number of aryl methyl sites for hydroxylation is 2. The van der Waals surface area contributed by atoms with Crippen molar-refractivity contribution in [3.05, 3.63) is 70.2 Å². The molecule has 0 radical (unpaired) electrons. The Labute approximate surface area is 120 Å². The van der Waals surface area contributed by atoms with Crippen molar-refractivity contribution in [3.63, 3.8) is 0 Å². The van der Waals surface area contributed by atoms with Gasteiger partial charge in [0.05, 0.1) is 0 Å². The summed E-state index contributed by atoms with van der Waals surface area (Å²) in [6.45, 7) is 2.06. The summed E-state index contributed by atoms with van der Waals surface area (Å²) in [6, 6.07) is 16.6. The number of benzene rings is 2. The van der Waals surface area contributed by atoms with Gasteiger partial charge < -0.3 is 5.73 Å². The Morgan fingerprint density at radius 1 is 1.11 bits per heavy atom. The Balaban J connectivity index is 1.86. The van der Waals surface area contributed by atoms with Crippen LogP contribution in [0.3, 0.4) is 0 Å². The molecule has 1 unspecified atom stereocenters. The van der Waals surface area contributed by atoms with Gasteiger partial charge in [0.2, 0.25) is 0 Å². The van der Waals surface area contributed by atoms with Gasteiger partial charge in [0.25, 0.3) is 0 Å². The van der Waals surface area contributed by atoms with Gasteiger partial charge in [-0.3, -0.25) is 0 Å². The first kappa shape index (κ1) is 14.1. The lowest BCUT2D eigenvalue weighted by Crippen LogP contribution is -2.10. The van der Waals surface area contributed by atoms with Crippen LogP contribution in [-0.4, -0.2) is 0 Å². The molecule has 2 rings (SSSR count). The Morgan fingerprint density at radius 3 is 2.53 bits per heavy atom. The van der Waals surface area contributed by atoms with E-state index in [1.54, 1.807) is 0 Å². The maximum Gasteiger partial charge on any atom is 0.0440 e. The van der Waals surface area contributed by atoms with Crippen molar-refractivity contribution < 1.29 is 0 Å². The minimum atomic E-state index is 0.116. The summed E-state index contributed by atoms with van der Waals surface area (Å²) in [5.74, 6) is 0. The second-order valence-electron chi connectivity index (χ2n) is 5.00. The minimum Gasteiger partial charge on any atom is -0.324 e. The fraction of sp³-hybridized carbons (Fsp3) is 0.294. The molecule has 1 nitrogen and oxygen atoms in total. The van der Waals surface area contributed by atoms with Crippen LogP contribution in [0.2, 0.25) is 5.02 Å². The molecule has 100 valence electrons. The van der Waals surface area contributed by atoms with Gasteiger partial charge >= 0.3 is 0 Å². The molecule has 2 N–H and O–H groups in total. The number of hydrogen-bond donors (Lipinski definition) is 1. The molecule has 0 fully saturated rings. The molecule has 0 aliphatic rings. The van der Waals surface area contributed by atoms with Crippen LogP contribution in [0.25, 0.3) is 0 Å². The van der Waals surface area contributed by atoms with E-state index < -0.39 is 0 Å². The van der Waals surface area contributed by atoms with Gasteiger partial charge in [-0.2, -0.15) is 0 Å². The van der Waals surface area contributed by atoms with Crippen molar-refractivity contribution in [1.82, 2.24) is 0 Å². The lowest BCUT2D eigenvalue weighted by molar-refractivity contribution is 0.611. The van der Waals surface area contributed by atoms with Gasteiger partial charge in [0, 0.05) is 11.1 Å². The summed E-state index contributed by atoms with van der Waals surface area (Å²) in [5, 5.41) is 0.869. The highest BCUT2D eigenvalue weighted by molar-refractivity contribution is 6.31. The monoisotopic (exact) mass is 273 g/mol. The SMILES string of the molecule is Cc1ccc(CCCC(N)c2ccccc2)c(Cl)c1. The quantitative estimate of drug-likeness (QED) is 0.842. The zero-order valence-corrected chi connectivity index (χ0v) is 12.0. The lowest BCUT2D eigenvalue weighted by atomic mass is 9.99. The van der Waals surface area contributed by atoms with E-state index in [0.29, 0.717) is 0 Å². The summed E-state index contributed by atoms with van der Waals surface area (Å²) in [6.07, 6.45) is 3.02. The number of rotatable bonds is 5. The molecule has 0 saturated carbocycles. The fourth-order valence-corrected chi connectivity index (χ4v) is 2.56. The predicted molar refractivity (Wildman–Crippen MR) is 82.5 cm³/mol. The molecule has 0 aromatic heterocycles. The van der Waals surface area contributed by atoms with Crippen LogP contribution in [0.4, 0.5) is 0 Å². The average Bonchev–Trinajstić information content (AvgIpc) is 2.42. The van der Waals surface area contributed by atoms with Gasteiger partial charge in [0.15, 0.2) is 0 Å². The molecule has 0 bridgehead atoms. The van der Waals surface area contributed by atoms with Gasteiger partial charge in [-0.25, -0.2) is 0 Å². The van der Waals surface area contributed by atoms with Crippen molar-refractivity contribution in [1.29, 1.82) is 0 Å². The molecule has 2 aromatic rings. The fourth-order valence-electron chi connectivity index (χ4n) is 2.23. The third kappa shape index (κ3) is 4.09. The maximum atomic E-state index is 6.23. The molecule has 0 aliphatic heterocycles. The zero-order valence-electron chi connectivity index (χ0n) is 11.3. The zero-order chi connectivity index (χ0) is 13.7. The van der Waals surface area contributed by atoms with E-state index in [1.165, 1.54) is 16.7 Å². The summed E-state index contributed by atoms with van der Waals surface area (Å²) < 4.78 is 0. The Bertz CT molecular complexity index is 522. The molecule has 2 aromatic carbocycles. The first-order valence-corrected chi connectivity index (χ1v) is 7.10. The van der Waals surface area contributed by atoms with E-state index in [2.05, 4.69) is 31.2 Å². The van der Waals surface area contributed by atoms with Gasteiger partial charge in [0.1, 0.15) is 0 Å². The Morgan fingerprint density at radius 2 is 1.84 bits per heavy atom. The van der Waals surface area contributed by atoms with Crippen molar-refractivity contribution in [2.45, 2.75) is 32.2 Å². The highest BCUT2D eigenvalue weighted by Gasteiger charge is 2.06. The summed E-state index contributed by atoms with van der Waals surface area (Å²) in [4.78, 5) is 0. The maximum absolute atomic E-state index is 6.23. The van der Waals surface area contributed by atoms with Crippen LogP contribution >= 0.6 is 11.6 Å². The van der Waals surface area contributed by atoms with Crippen LogP contribution in [0.5, 0.6) is 0 Å². The molecule has 19 heavy (non-hydrogen) atoms. The molecule has 0 saturated heterocycles. The molecule has 0 spiro atoms. The van der Waals surface area contributed by atoms with Crippen molar-refractivity contribution in [3.8, 4) is 0 Å². The van der Waals surface area contributed by atoms with Crippen molar-refractivity contribution >= 4 is 11.6 Å². The van der Waals surface area contributed by atoms with E-state index in [0.717, 1.165) is 24.3 Å². The number of halogens is 1. The van der Waals surface area contributed by atoms with E-state index in [-0.39, 0.29) is 6.04 Å². The normalized spacial score (nSPS) is 12.4. The predicted octanol–water partition coefficient (Wildman–Crippen LogP) is 4.67. The van der Waals surface area contributed by atoms with Crippen LogP contribution < -0.4 is 5.73 Å². The molecular weight excluding hydrogens is 254 g/mol. The largest absolute Gasteiger partial charge is 0.324 e. The van der Waals surface area contributed by atoms with Crippen molar-refractivity contribution in [2.75, 3.05) is 0 Å². The van der Waals surface area contributed by atoms with Crippen LogP contribution in [0.15, 0.2) is 48.5 Å². The topological polar surface area (TPSA) is 26.0 Å². The summed E-state index contributed by atoms with van der Waals surface area (Å²) in [5.41, 5.74) is 9.81. The molecule has 1 atom stereocenters. The number of nitrogens with two attached hydrogens (primary N) is 1. The second kappa shape index (κ2) is 6.74. The average molecular weight is 274 g/mol. The molecule has 2 heteroatoms. The first-order chi connectivity index (χ1) is 9.16. The molecule has 0 amide bonds. The van der Waals surface area contributed by atoms with Crippen molar-refractivity contribution in [2.24, 2.45) is 5.73 Å². The third-order valence-corrected chi connectivity index (χ3v) is 3.75. The lowest BCUT2D eigenvalue weighted by Gasteiger charge is -2.12. The van der Waals surface area contributed by atoms with E-state index in [1.807, 2.05) is 24.3 Å². The third-order valence-electron chi connectivity index (χ3n) is 3.40. The summed E-state index contributed by atoms with van der Waals surface area (Å²) >= 11 is 6.23. The Hall–Kier alpha value is -1.31. The second-order valence-corrected chi connectivity index (χ2v) is 5.41. The van der Waals surface area contributed by atoms with Gasteiger partial charge in [-0.05, 0) is 48.9 Å². The highest BCUT2D eigenvalue weighted by atomic mass is 35.5. The van der Waals surface area contributed by atoms with Gasteiger partial charge in [-0.1, -0.05) is 54.1 Å². The minimum absolute atomic E-state index is 0.116. The van der Waals surface area contributed by atoms with Crippen LogP contribution in [0.1, 0.15) is 35.6 Å². The van der Waals surface area contributed by atoms with Gasteiger partial charge in [-0.15, -0.1) is 0 Å². The van der Waals surface area contributed by atoms with E-state index in [9.17, 15) is 0 Å². The number of hydrogen-bond acceptors (Lipinski definition) is 1. The molecule has 0 heterocycles. The standard InChI is InChI=1S/C17H20ClN/c1-13-10-11-14(16(18)12-13)8-5-9-17(19)15-6-3-2-4-7-15/h2-4,6-7,10-12,17H,5,8-9,19H2,1H3.